The van der Waals surface area contributed by atoms with Crippen molar-refractivity contribution < 1.29 is 4.52 Å². The number of aryl methyl sites for hydroxylation is 1. The van der Waals surface area contributed by atoms with Gasteiger partial charge in [-0.3, -0.25) is 4.90 Å². The van der Waals surface area contributed by atoms with Crippen LogP contribution in [0.3, 0.4) is 0 Å². The van der Waals surface area contributed by atoms with Crippen LogP contribution in [0.1, 0.15) is 11.3 Å². The molecule has 1 aliphatic heterocycles. The monoisotopic (exact) mass is 515 g/mol. The minimum absolute atomic E-state index is 0.627. The molecule has 3 aromatic carbocycles. The third kappa shape index (κ3) is 4.42. The van der Waals surface area contributed by atoms with Crippen LogP contribution in [0.4, 0.5) is 5.69 Å². The molecule has 0 saturated carbocycles. The lowest BCUT2D eigenvalue weighted by atomic mass is 10.1. The molecular weight excluding hydrogens is 486 g/mol. The minimum Gasteiger partial charge on any atom is -0.369 e. The first-order chi connectivity index (χ1) is 19.2. The molecule has 4 heterocycles. The van der Waals surface area contributed by atoms with Gasteiger partial charge >= 0.3 is 0 Å². The van der Waals surface area contributed by atoms with Crippen molar-refractivity contribution in [2.75, 3.05) is 37.6 Å². The highest BCUT2D eigenvalue weighted by Gasteiger charge is 2.23. The molecule has 0 atom stereocenters. The second-order valence-corrected chi connectivity index (χ2v) is 10.1. The highest BCUT2D eigenvalue weighted by Crippen LogP contribution is 2.34. The van der Waals surface area contributed by atoms with Crippen LogP contribution < -0.4 is 4.90 Å². The highest BCUT2D eigenvalue weighted by molar-refractivity contribution is 5.96. The zero-order valence-corrected chi connectivity index (χ0v) is 21.9. The maximum Gasteiger partial charge on any atom is 0.191 e. The summed E-state index contributed by atoms with van der Waals surface area (Å²) in [6, 6.07) is 27.3. The third-order valence-corrected chi connectivity index (χ3v) is 7.66. The Morgan fingerprint density at radius 3 is 2.41 bits per heavy atom. The number of hydrogen-bond donors (Lipinski definition) is 0. The molecular formula is C31H29N7O. The van der Waals surface area contributed by atoms with Gasteiger partial charge in [0.1, 0.15) is 11.5 Å². The van der Waals surface area contributed by atoms with Gasteiger partial charge in [-0.2, -0.15) is 9.61 Å². The number of anilines is 1. The predicted octanol–water partition coefficient (Wildman–Crippen LogP) is 5.27. The molecule has 1 saturated heterocycles. The Morgan fingerprint density at radius 1 is 0.846 bits per heavy atom. The quantitative estimate of drug-likeness (QED) is 0.299. The van der Waals surface area contributed by atoms with Crippen LogP contribution in [0.15, 0.2) is 89.6 Å². The van der Waals surface area contributed by atoms with E-state index >= 15 is 0 Å². The molecule has 0 bridgehead atoms. The van der Waals surface area contributed by atoms with E-state index in [1.165, 1.54) is 11.3 Å². The first-order valence-electron chi connectivity index (χ1n) is 13.4. The largest absolute Gasteiger partial charge is 0.369 e. The summed E-state index contributed by atoms with van der Waals surface area (Å²) in [4.78, 5) is 5.02. The SMILES string of the molecule is Cc1onc(-c2ccccc2)c1-c1nnc2c3cc(N4CCN(CCc5ccccc5)CC4)ccc3cnn12. The highest BCUT2D eigenvalue weighted by atomic mass is 16.5. The average Bonchev–Trinajstić information content (AvgIpc) is 3.60. The Hall–Kier alpha value is -4.56. The molecule has 0 spiro atoms. The molecule has 8 nitrogen and oxygen atoms in total. The number of benzene rings is 3. The lowest BCUT2D eigenvalue weighted by Crippen LogP contribution is -2.47. The van der Waals surface area contributed by atoms with Crippen LogP contribution in [-0.4, -0.2) is 62.6 Å². The third-order valence-electron chi connectivity index (χ3n) is 7.66. The van der Waals surface area contributed by atoms with Crippen LogP contribution in [0.2, 0.25) is 0 Å². The van der Waals surface area contributed by atoms with Crippen molar-refractivity contribution in [2.45, 2.75) is 13.3 Å². The van der Waals surface area contributed by atoms with E-state index in [9.17, 15) is 0 Å². The molecule has 194 valence electrons. The lowest BCUT2D eigenvalue weighted by Gasteiger charge is -2.36. The molecule has 0 aliphatic carbocycles. The summed E-state index contributed by atoms with van der Waals surface area (Å²) >= 11 is 0. The molecule has 6 aromatic rings. The molecule has 0 amide bonds. The average molecular weight is 516 g/mol. The van der Waals surface area contributed by atoms with E-state index in [4.69, 9.17) is 9.62 Å². The molecule has 1 fully saturated rings. The fraction of sp³-hybridized carbons (Fsp3) is 0.226. The zero-order chi connectivity index (χ0) is 26.2. The van der Waals surface area contributed by atoms with Gasteiger partial charge in [0, 0.05) is 54.7 Å². The zero-order valence-electron chi connectivity index (χ0n) is 21.9. The molecule has 1 aliphatic rings. The number of piperazine rings is 1. The van der Waals surface area contributed by atoms with Gasteiger partial charge in [0.15, 0.2) is 11.5 Å². The summed E-state index contributed by atoms with van der Waals surface area (Å²) in [5.41, 5.74) is 5.84. The molecule has 8 heteroatoms. The number of nitrogens with zero attached hydrogens (tertiary/aromatic N) is 7. The number of fused-ring (bicyclic) bond motifs is 3. The van der Waals surface area contributed by atoms with Gasteiger partial charge in [-0.25, -0.2) is 0 Å². The van der Waals surface area contributed by atoms with Crippen LogP contribution in [0, 0.1) is 6.92 Å². The van der Waals surface area contributed by atoms with Gasteiger partial charge in [-0.15, -0.1) is 10.2 Å². The van der Waals surface area contributed by atoms with Crippen molar-refractivity contribution in [3.05, 3.63) is 96.4 Å². The topological polar surface area (TPSA) is 75.6 Å². The second-order valence-electron chi connectivity index (χ2n) is 10.1. The minimum atomic E-state index is 0.627. The Balaban J connectivity index is 1.16. The van der Waals surface area contributed by atoms with Gasteiger partial charge in [0.2, 0.25) is 0 Å². The molecule has 3 aromatic heterocycles. The summed E-state index contributed by atoms with van der Waals surface area (Å²) in [6.07, 6.45) is 2.97. The van der Waals surface area contributed by atoms with Crippen molar-refractivity contribution >= 4 is 22.1 Å². The van der Waals surface area contributed by atoms with E-state index in [2.05, 4.69) is 73.7 Å². The summed E-state index contributed by atoms with van der Waals surface area (Å²) in [5.74, 6) is 1.31. The van der Waals surface area contributed by atoms with Gasteiger partial charge in [0.25, 0.3) is 0 Å². The van der Waals surface area contributed by atoms with Crippen molar-refractivity contribution in [3.63, 3.8) is 0 Å². The summed E-state index contributed by atoms with van der Waals surface area (Å²) in [7, 11) is 0. The first-order valence-corrected chi connectivity index (χ1v) is 13.4. The fourth-order valence-corrected chi connectivity index (χ4v) is 5.47. The van der Waals surface area contributed by atoms with Crippen molar-refractivity contribution in [2.24, 2.45) is 0 Å². The van der Waals surface area contributed by atoms with E-state index in [1.54, 1.807) is 4.52 Å². The molecule has 39 heavy (non-hydrogen) atoms. The van der Waals surface area contributed by atoms with E-state index in [1.807, 2.05) is 43.5 Å². The van der Waals surface area contributed by atoms with Crippen molar-refractivity contribution in [3.8, 4) is 22.6 Å². The smallest absolute Gasteiger partial charge is 0.191 e. The molecule has 0 radical (unpaired) electrons. The number of rotatable bonds is 6. The Morgan fingerprint density at radius 2 is 1.62 bits per heavy atom. The van der Waals surface area contributed by atoms with Gasteiger partial charge in [-0.1, -0.05) is 71.9 Å². The van der Waals surface area contributed by atoms with Gasteiger partial charge in [0.05, 0.1) is 11.8 Å². The summed E-state index contributed by atoms with van der Waals surface area (Å²) in [6.45, 7) is 7.10. The van der Waals surface area contributed by atoms with Crippen LogP contribution in [0.25, 0.3) is 39.1 Å². The predicted molar refractivity (Wildman–Crippen MR) is 153 cm³/mol. The van der Waals surface area contributed by atoms with Crippen LogP contribution in [0.5, 0.6) is 0 Å². The van der Waals surface area contributed by atoms with Gasteiger partial charge < -0.3 is 9.42 Å². The Kier molecular flexibility index (Phi) is 6.01. The molecule has 0 N–H and O–H groups in total. The Labute approximate surface area is 226 Å². The van der Waals surface area contributed by atoms with Crippen molar-refractivity contribution in [1.29, 1.82) is 0 Å². The maximum absolute atomic E-state index is 5.59. The second kappa shape index (κ2) is 9.96. The maximum atomic E-state index is 5.59. The van der Waals surface area contributed by atoms with E-state index < -0.39 is 0 Å². The normalized spacial score (nSPS) is 14.4. The molecule has 0 unspecified atom stereocenters. The summed E-state index contributed by atoms with van der Waals surface area (Å²) in [5, 5.41) is 20.2. The first kappa shape index (κ1) is 23.5. The lowest BCUT2D eigenvalue weighted by molar-refractivity contribution is 0.261. The van der Waals surface area contributed by atoms with E-state index in [-0.39, 0.29) is 0 Å². The van der Waals surface area contributed by atoms with Crippen molar-refractivity contribution in [1.82, 2.24) is 29.9 Å². The summed E-state index contributed by atoms with van der Waals surface area (Å²) < 4.78 is 7.40. The fourth-order valence-electron chi connectivity index (χ4n) is 5.47. The van der Waals surface area contributed by atoms with E-state index in [0.29, 0.717) is 11.6 Å². The van der Waals surface area contributed by atoms with Gasteiger partial charge in [-0.05, 0) is 31.0 Å². The van der Waals surface area contributed by atoms with E-state index in [0.717, 1.165) is 72.4 Å². The standard InChI is InChI=1S/C31H29N7O/c1-22-28(29(35-39-22)24-10-6-3-7-11-24)31-34-33-30-27-20-26(13-12-25(27)21-32-38(30)31)37-18-16-36(17-19-37)15-14-23-8-4-2-5-9-23/h2-13,20-21H,14-19H2,1H3. The number of hydrogen-bond acceptors (Lipinski definition) is 7. The van der Waals surface area contributed by atoms with Crippen LogP contribution in [-0.2, 0) is 6.42 Å². The molecule has 7 rings (SSSR count). The number of aromatic nitrogens is 5. The Bertz CT molecular complexity index is 1740. The van der Waals surface area contributed by atoms with Crippen LogP contribution >= 0.6 is 0 Å².